The van der Waals surface area contributed by atoms with E-state index < -0.39 is 5.97 Å². The van der Waals surface area contributed by atoms with Crippen molar-refractivity contribution >= 4 is 28.8 Å². The molecule has 0 saturated heterocycles. The molecule has 0 fully saturated rings. The SMILES string of the molecule is CCOC(=O)c1cc(NCc2ncc(CC)s2)ncc1N. The number of nitrogens with two attached hydrogens (primary N) is 1. The summed E-state index contributed by atoms with van der Waals surface area (Å²) in [6.07, 6.45) is 4.31. The lowest BCUT2D eigenvalue weighted by Gasteiger charge is -2.08. The largest absolute Gasteiger partial charge is 0.462 e. The summed E-state index contributed by atoms with van der Waals surface area (Å²) < 4.78 is 4.96. The Hall–Kier alpha value is -2.15. The fraction of sp³-hybridized carbons (Fsp3) is 0.357. The first-order valence-electron chi connectivity index (χ1n) is 6.74. The highest BCUT2D eigenvalue weighted by Crippen LogP contribution is 2.18. The van der Waals surface area contributed by atoms with Gasteiger partial charge in [0.05, 0.1) is 30.6 Å². The first-order chi connectivity index (χ1) is 10.1. The highest BCUT2D eigenvalue weighted by molar-refractivity contribution is 7.11. The molecule has 0 aliphatic heterocycles. The minimum Gasteiger partial charge on any atom is -0.462 e. The van der Waals surface area contributed by atoms with Crippen molar-refractivity contribution in [3.05, 3.63) is 33.9 Å². The van der Waals surface area contributed by atoms with Crippen LogP contribution >= 0.6 is 11.3 Å². The second-order valence-electron chi connectivity index (χ2n) is 4.30. The van der Waals surface area contributed by atoms with E-state index in [2.05, 4.69) is 22.2 Å². The molecule has 0 aliphatic carbocycles. The molecule has 0 amide bonds. The molecular formula is C14H18N4O2S. The summed E-state index contributed by atoms with van der Waals surface area (Å²) >= 11 is 1.66. The lowest BCUT2D eigenvalue weighted by molar-refractivity contribution is 0.0527. The number of nitrogens with one attached hydrogen (secondary N) is 1. The van der Waals surface area contributed by atoms with Crippen LogP contribution in [0.1, 0.15) is 34.1 Å². The van der Waals surface area contributed by atoms with Crippen molar-refractivity contribution < 1.29 is 9.53 Å². The first-order valence-corrected chi connectivity index (χ1v) is 7.55. The van der Waals surface area contributed by atoms with Gasteiger partial charge >= 0.3 is 5.97 Å². The average Bonchev–Trinajstić information content (AvgIpc) is 2.94. The Labute approximate surface area is 127 Å². The topological polar surface area (TPSA) is 90.1 Å². The maximum Gasteiger partial charge on any atom is 0.340 e. The molecular weight excluding hydrogens is 288 g/mol. The van der Waals surface area contributed by atoms with Crippen LogP contribution in [-0.2, 0) is 17.7 Å². The number of ether oxygens (including phenoxy) is 1. The molecule has 0 bridgehead atoms. The fourth-order valence-corrected chi connectivity index (χ4v) is 2.51. The normalized spacial score (nSPS) is 10.4. The van der Waals surface area contributed by atoms with Crippen LogP contribution in [0.3, 0.4) is 0 Å². The Kier molecular flexibility index (Phi) is 5.10. The molecule has 0 unspecified atom stereocenters. The second kappa shape index (κ2) is 7.03. The van der Waals surface area contributed by atoms with Crippen molar-refractivity contribution in [1.82, 2.24) is 9.97 Å². The zero-order chi connectivity index (χ0) is 15.2. The van der Waals surface area contributed by atoms with Crippen LogP contribution in [0.15, 0.2) is 18.5 Å². The smallest absolute Gasteiger partial charge is 0.340 e. The van der Waals surface area contributed by atoms with E-state index in [-0.39, 0.29) is 0 Å². The molecule has 0 saturated carbocycles. The van der Waals surface area contributed by atoms with Crippen molar-refractivity contribution in [2.24, 2.45) is 0 Å². The summed E-state index contributed by atoms with van der Waals surface area (Å²) in [5, 5.41) is 4.11. The first kappa shape index (κ1) is 15.2. The minimum absolute atomic E-state index is 0.307. The predicted molar refractivity (Wildman–Crippen MR) is 83.4 cm³/mol. The van der Waals surface area contributed by atoms with Gasteiger partial charge in [0, 0.05) is 11.1 Å². The molecule has 3 N–H and O–H groups in total. The van der Waals surface area contributed by atoms with Gasteiger partial charge in [-0.2, -0.15) is 0 Å². The number of carbonyl (C=O) groups is 1. The van der Waals surface area contributed by atoms with Crippen molar-refractivity contribution in [1.29, 1.82) is 0 Å². The van der Waals surface area contributed by atoms with Crippen LogP contribution in [0, 0.1) is 0 Å². The van der Waals surface area contributed by atoms with Gasteiger partial charge in [0.15, 0.2) is 0 Å². The number of rotatable bonds is 6. The van der Waals surface area contributed by atoms with Crippen molar-refractivity contribution in [2.75, 3.05) is 17.7 Å². The molecule has 21 heavy (non-hydrogen) atoms. The molecule has 0 radical (unpaired) electrons. The van der Waals surface area contributed by atoms with E-state index in [0.29, 0.717) is 30.2 Å². The predicted octanol–water partition coefficient (Wildman–Crippen LogP) is 2.47. The number of nitrogen functional groups attached to an aromatic ring is 1. The summed E-state index contributed by atoms with van der Waals surface area (Å²) in [5.41, 5.74) is 6.38. The van der Waals surface area contributed by atoms with Crippen LogP contribution in [0.4, 0.5) is 11.5 Å². The van der Waals surface area contributed by atoms with E-state index in [1.54, 1.807) is 24.3 Å². The van der Waals surface area contributed by atoms with E-state index >= 15 is 0 Å². The Bertz CT molecular complexity index is 627. The molecule has 2 aromatic rings. The highest BCUT2D eigenvalue weighted by Gasteiger charge is 2.12. The number of hydrogen-bond donors (Lipinski definition) is 2. The standard InChI is InChI=1S/C14H18N4O2S/c1-3-9-6-18-13(21-9)8-17-12-5-10(11(15)7-16-12)14(19)20-4-2/h5-7H,3-4,8,15H2,1-2H3,(H,16,17). The van der Waals surface area contributed by atoms with Crippen LogP contribution < -0.4 is 11.1 Å². The maximum atomic E-state index is 11.8. The van der Waals surface area contributed by atoms with Crippen LogP contribution in [0.2, 0.25) is 0 Å². The quantitative estimate of drug-likeness (QED) is 0.797. The third kappa shape index (κ3) is 3.91. The van der Waals surface area contributed by atoms with Crippen LogP contribution in [0.25, 0.3) is 0 Å². The summed E-state index contributed by atoms with van der Waals surface area (Å²) in [6, 6.07) is 1.60. The van der Waals surface area contributed by atoms with Gasteiger partial charge in [-0.05, 0) is 19.4 Å². The summed E-state index contributed by atoms with van der Waals surface area (Å²) in [5.74, 6) is 0.128. The molecule has 0 spiro atoms. The number of nitrogens with zero attached hydrogens (tertiary/aromatic N) is 2. The molecule has 7 heteroatoms. The molecule has 2 rings (SSSR count). The number of esters is 1. The van der Waals surface area contributed by atoms with Crippen molar-refractivity contribution in [3.63, 3.8) is 0 Å². The van der Waals surface area contributed by atoms with Gasteiger partial charge < -0.3 is 15.8 Å². The molecule has 2 aromatic heterocycles. The maximum absolute atomic E-state index is 11.8. The van der Waals surface area contributed by atoms with Gasteiger partial charge in [0.2, 0.25) is 0 Å². The van der Waals surface area contributed by atoms with E-state index in [1.165, 1.54) is 11.1 Å². The van der Waals surface area contributed by atoms with E-state index in [0.717, 1.165) is 11.4 Å². The minimum atomic E-state index is -0.442. The molecule has 0 aliphatic rings. The Balaban J connectivity index is 2.06. The monoisotopic (exact) mass is 306 g/mol. The van der Waals surface area contributed by atoms with E-state index in [1.807, 2.05) is 6.20 Å². The lowest BCUT2D eigenvalue weighted by atomic mass is 10.2. The number of pyridine rings is 1. The Morgan fingerprint density at radius 2 is 2.19 bits per heavy atom. The number of anilines is 2. The van der Waals surface area contributed by atoms with Crippen LogP contribution in [0.5, 0.6) is 0 Å². The van der Waals surface area contributed by atoms with Crippen LogP contribution in [-0.4, -0.2) is 22.5 Å². The zero-order valence-electron chi connectivity index (χ0n) is 12.0. The zero-order valence-corrected chi connectivity index (χ0v) is 12.9. The second-order valence-corrected chi connectivity index (χ2v) is 5.50. The van der Waals surface area contributed by atoms with E-state index in [4.69, 9.17) is 10.5 Å². The fourth-order valence-electron chi connectivity index (χ4n) is 1.71. The average molecular weight is 306 g/mol. The molecule has 6 nitrogen and oxygen atoms in total. The Morgan fingerprint density at radius 3 is 2.86 bits per heavy atom. The van der Waals surface area contributed by atoms with Gasteiger partial charge in [-0.3, -0.25) is 0 Å². The number of hydrogen-bond acceptors (Lipinski definition) is 7. The van der Waals surface area contributed by atoms with E-state index in [9.17, 15) is 4.79 Å². The molecule has 2 heterocycles. The third-order valence-electron chi connectivity index (χ3n) is 2.80. The molecule has 112 valence electrons. The summed E-state index contributed by atoms with van der Waals surface area (Å²) in [4.78, 5) is 21.5. The van der Waals surface area contributed by atoms with Gasteiger partial charge in [-0.1, -0.05) is 6.92 Å². The third-order valence-corrected chi connectivity index (χ3v) is 3.94. The molecule has 0 atom stereocenters. The summed E-state index contributed by atoms with van der Waals surface area (Å²) in [7, 11) is 0. The number of thiazole rings is 1. The molecule has 0 aromatic carbocycles. The van der Waals surface area contributed by atoms with Crippen molar-refractivity contribution in [3.8, 4) is 0 Å². The van der Waals surface area contributed by atoms with Crippen molar-refractivity contribution in [2.45, 2.75) is 26.8 Å². The number of aromatic nitrogens is 2. The summed E-state index contributed by atoms with van der Waals surface area (Å²) in [6.45, 7) is 4.71. The van der Waals surface area contributed by atoms with Gasteiger partial charge in [0.1, 0.15) is 10.8 Å². The number of carbonyl (C=O) groups excluding carboxylic acids is 1. The lowest BCUT2D eigenvalue weighted by Crippen LogP contribution is -2.10. The van der Waals surface area contributed by atoms with Gasteiger partial charge in [0.25, 0.3) is 0 Å². The Morgan fingerprint density at radius 1 is 1.38 bits per heavy atom. The van der Waals surface area contributed by atoms with Gasteiger partial charge in [-0.15, -0.1) is 11.3 Å². The van der Waals surface area contributed by atoms with Gasteiger partial charge in [-0.25, -0.2) is 14.8 Å². The highest BCUT2D eigenvalue weighted by atomic mass is 32.1. The number of aryl methyl sites for hydroxylation is 1.